The van der Waals surface area contributed by atoms with Gasteiger partial charge < -0.3 is 25.2 Å². The van der Waals surface area contributed by atoms with Crippen molar-refractivity contribution in [3.8, 4) is 0 Å². The summed E-state index contributed by atoms with van der Waals surface area (Å²) < 4.78 is 5.86. The molecule has 4 aliphatic carbocycles. The summed E-state index contributed by atoms with van der Waals surface area (Å²) in [6.45, 7) is 11.0. The van der Waals surface area contributed by atoms with E-state index in [1.165, 1.54) is 0 Å². The van der Waals surface area contributed by atoms with Gasteiger partial charge in [-0.15, -0.1) is 0 Å². The number of rotatable bonds is 10. The molecule has 0 aromatic carbocycles. The van der Waals surface area contributed by atoms with Crippen LogP contribution in [-0.2, 0) is 31.2 Å². The smallest absolute Gasteiger partial charge is 0.306 e. The van der Waals surface area contributed by atoms with E-state index >= 15 is 0 Å². The average molecular weight is 585 g/mol. The first-order valence-electron chi connectivity index (χ1n) is 15.9. The van der Waals surface area contributed by atoms with Crippen LogP contribution in [-0.4, -0.2) is 57.4 Å². The summed E-state index contributed by atoms with van der Waals surface area (Å²) in [7, 11) is 0. The van der Waals surface area contributed by atoms with Gasteiger partial charge in [0, 0.05) is 40.7 Å². The zero-order valence-electron chi connectivity index (χ0n) is 25.1. The van der Waals surface area contributed by atoms with Gasteiger partial charge in [0.2, 0.25) is 0 Å². The number of carbonyl (C=O) groups is 1. The standard InChI is InChI=1S/C32H56O6.Ti/c1-6-8-27(20(7-2)18-33)38-29(37)12-9-19(3)23-10-11-24-30-25(17-28(36)32(23,24)5)31(4)14-13-22(34)15-21(31)16-26(30)35;/h19-28,30,33-36H,6-18H2,1-5H3;/t19-,20?,21+,22-,23-,24+,25+,26-,27?,28+,30+,31+,32-;/m1./s1. The molecule has 2 unspecified atom stereocenters. The van der Waals surface area contributed by atoms with Crippen LogP contribution in [0.4, 0.5) is 0 Å². The fourth-order valence-corrected chi connectivity index (χ4v) is 10.1. The van der Waals surface area contributed by atoms with Crippen molar-refractivity contribution in [2.24, 2.45) is 52.3 Å². The molecule has 4 rings (SSSR count). The number of esters is 1. The average Bonchev–Trinajstić information content (AvgIpc) is 3.23. The minimum Gasteiger partial charge on any atom is -0.462 e. The van der Waals surface area contributed by atoms with Crippen molar-refractivity contribution < 1.29 is 51.7 Å². The van der Waals surface area contributed by atoms with E-state index < -0.39 is 6.10 Å². The zero-order valence-corrected chi connectivity index (χ0v) is 26.7. The Bertz CT molecular complexity index is 806. The molecule has 0 radical (unpaired) electrons. The summed E-state index contributed by atoms with van der Waals surface area (Å²) in [6.07, 6.45) is 8.51. The van der Waals surface area contributed by atoms with Crippen molar-refractivity contribution in [1.29, 1.82) is 0 Å². The second-order valence-electron chi connectivity index (χ2n) is 14.2. The Labute approximate surface area is 251 Å². The van der Waals surface area contributed by atoms with Crippen molar-refractivity contribution >= 4 is 5.97 Å². The third-order valence-electron chi connectivity index (χ3n) is 12.5. The van der Waals surface area contributed by atoms with Crippen LogP contribution in [0.3, 0.4) is 0 Å². The molecule has 0 aromatic heterocycles. The Morgan fingerprint density at radius 3 is 2.36 bits per heavy atom. The minimum absolute atomic E-state index is 0. The van der Waals surface area contributed by atoms with E-state index in [0.717, 1.165) is 70.6 Å². The van der Waals surface area contributed by atoms with E-state index in [9.17, 15) is 25.2 Å². The van der Waals surface area contributed by atoms with Crippen LogP contribution in [0.15, 0.2) is 0 Å². The quantitative estimate of drug-likeness (QED) is 0.211. The first-order chi connectivity index (χ1) is 18.0. The molecule has 6 nitrogen and oxygen atoms in total. The van der Waals surface area contributed by atoms with Gasteiger partial charge in [-0.2, -0.15) is 0 Å². The summed E-state index contributed by atoms with van der Waals surface area (Å²) >= 11 is 0. The van der Waals surface area contributed by atoms with Crippen LogP contribution in [0.25, 0.3) is 0 Å². The number of aliphatic hydroxyl groups excluding tert-OH is 4. The van der Waals surface area contributed by atoms with Crippen LogP contribution in [0.2, 0.25) is 0 Å². The SMILES string of the molecule is CCCC(OC(=O)CC[C@@H](C)[C@H]1CC[C@H]2[C@@H]3[C@H](O)C[C@@H]4C[C@H](O)CC[C@]4(C)[C@H]3C[C@H](O)[C@]12C)C(CC)CO.[Ti]. The van der Waals surface area contributed by atoms with Crippen molar-refractivity contribution in [1.82, 2.24) is 0 Å². The molecule has 0 heterocycles. The molecule has 39 heavy (non-hydrogen) atoms. The Morgan fingerprint density at radius 2 is 1.72 bits per heavy atom. The second kappa shape index (κ2) is 13.5. The van der Waals surface area contributed by atoms with Crippen molar-refractivity contribution in [3.05, 3.63) is 0 Å². The topological polar surface area (TPSA) is 107 Å². The molecule has 0 saturated heterocycles. The minimum atomic E-state index is -0.408. The molecule has 4 fully saturated rings. The molecule has 4 N–H and O–H groups in total. The van der Waals surface area contributed by atoms with E-state index in [-0.39, 0.29) is 81.2 Å². The largest absolute Gasteiger partial charge is 0.462 e. The van der Waals surface area contributed by atoms with Gasteiger partial charge in [-0.05, 0) is 111 Å². The van der Waals surface area contributed by atoms with Gasteiger partial charge in [0.05, 0.1) is 18.3 Å². The summed E-state index contributed by atoms with van der Waals surface area (Å²) in [5.41, 5.74) is -0.170. The number of fused-ring (bicyclic) bond motifs is 5. The van der Waals surface area contributed by atoms with Crippen LogP contribution in [0.5, 0.6) is 0 Å². The fourth-order valence-electron chi connectivity index (χ4n) is 10.1. The van der Waals surface area contributed by atoms with E-state index in [0.29, 0.717) is 30.1 Å². The summed E-state index contributed by atoms with van der Waals surface area (Å²) in [5, 5.41) is 43.3. The molecule has 7 heteroatoms. The van der Waals surface area contributed by atoms with Crippen LogP contribution < -0.4 is 0 Å². The number of ether oxygens (including phenoxy) is 1. The van der Waals surface area contributed by atoms with Gasteiger partial charge in [-0.3, -0.25) is 4.79 Å². The molecule has 4 aliphatic rings. The zero-order chi connectivity index (χ0) is 27.8. The third kappa shape index (κ3) is 6.23. The normalized spacial score (nSPS) is 43.7. The predicted molar refractivity (Wildman–Crippen MR) is 148 cm³/mol. The van der Waals surface area contributed by atoms with Gasteiger partial charge in [0.15, 0.2) is 0 Å². The maximum atomic E-state index is 12.8. The van der Waals surface area contributed by atoms with E-state index in [2.05, 4.69) is 27.7 Å². The Morgan fingerprint density at radius 1 is 1.00 bits per heavy atom. The Balaban J connectivity index is 0.00000420. The molecule has 0 bridgehead atoms. The second-order valence-corrected chi connectivity index (χ2v) is 14.2. The van der Waals surface area contributed by atoms with Crippen molar-refractivity contribution in [3.63, 3.8) is 0 Å². The van der Waals surface area contributed by atoms with Crippen molar-refractivity contribution in [2.75, 3.05) is 6.61 Å². The fraction of sp³-hybridized carbons (Fsp3) is 0.969. The first-order valence-corrected chi connectivity index (χ1v) is 15.9. The van der Waals surface area contributed by atoms with Crippen molar-refractivity contribution in [2.45, 2.75) is 136 Å². The molecule has 0 aliphatic heterocycles. The van der Waals surface area contributed by atoms with Gasteiger partial charge in [0.25, 0.3) is 0 Å². The van der Waals surface area contributed by atoms with Gasteiger partial charge in [-0.25, -0.2) is 0 Å². The molecule has 13 atom stereocenters. The molecule has 0 spiro atoms. The van der Waals surface area contributed by atoms with Gasteiger partial charge >= 0.3 is 5.97 Å². The number of hydrogen-bond acceptors (Lipinski definition) is 6. The third-order valence-corrected chi connectivity index (χ3v) is 12.5. The van der Waals surface area contributed by atoms with Gasteiger partial charge in [0.1, 0.15) is 6.10 Å². The van der Waals surface area contributed by atoms with Crippen LogP contribution in [0, 0.1) is 52.3 Å². The molecule has 4 saturated carbocycles. The van der Waals surface area contributed by atoms with E-state index in [4.69, 9.17) is 4.74 Å². The number of aliphatic hydroxyl groups is 4. The molecule has 0 aromatic rings. The number of hydrogen-bond donors (Lipinski definition) is 4. The summed E-state index contributed by atoms with van der Waals surface area (Å²) in [5.74, 6) is 1.54. The summed E-state index contributed by atoms with van der Waals surface area (Å²) in [6, 6.07) is 0. The maximum Gasteiger partial charge on any atom is 0.306 e. The van der Waals surface area contributed by atoms with E-state index in [1.54, 1.807) is 0 Å². The molecular weight excluding hydrogens is 528 g/mol. The monoisotopic (exact) mass is 584 g/mol. The van der Waals surface area contributed by atoms with Gasteiger partial charge in [-0.1, -0.05) is 41.0 Å². The molecular formula is C32H56O6Ti. The maximum absolute atomic E-state index is 12.8. The van der Waals surface area contributed by atoms with Crippen LogP contribution >= 0.6 is 0 Å². The van der Waals surface area contributed by atoms with E-state index in [1.807, 2.05) is 6.92 Å². The van der Waals surface area contributed by atoms with Crippen LogP contribution in [0.1, 0.15) is 112 Å². The summed E-state index contributed by atoms with van der Waals surface area (Å²) in [4.78, 5) is 12.8. The predicted octanol–water partition coefficient (Wildman–Crippen LogP) is 5.09. The molecule has 224 valence electrons. The Hall–Kier alpha value is 0.0243. The number of carbonyl (C=O) groups excluding carboxylic acids is 1. The first kappa shape index (κ1) is 33.5. The Kier molecular flexibility index (Phi) is 11.6. The molecule has 0 amide bonds.